The predicted octanol–water partition coefficient (Wildman–Crippen LogP) is 1.30. The van der Waals surface area contributed by atoms with Gasteiger partial charge in [0.15, 0.2) is 0 Å². The number of benzene rings is 1. The summed E-state index contributed by atoms with van der Waals surface area (Å²) in [4.78, 5) is 14.4. The molecule has 1 aromatic carbocycles. The molecule has 1 aromatic rings. The molecule has 1 aliphatic heterocycles. The van der Waals surface area contributed by atoms with E-state index in [1.807, 2.05) is 25.2 Å². The number of ether oxygens (including phenoxy) is 1. The Hall–Kier alpha value is -1.11. The van der Waals surface area contributed by atoms with E-state index in [1.54, 1.807) is 7.11 Å². The number of anilines is 1. The first-order chi connectivity index (χ1) is 9.10. The van der Waals surface area contributed by atoms with E-state index >= 15 is 0 Å². The third-order valence-corrected chi connectivity index (χ3v) is 3.61. The fraction of sp³-hybridized carbons (Fsp3) is 0.462. The van der Waals surface area contributed by atoms with Crippen molar-refractivity contribution >= 4 is 27.5 Å². The number of rotatable bonds is 3. The number of nitrogens with one attached hydrogen (secondary N) is 2. The molecule has 0 saturated carbocycles. The molecule has 6 heteroatoms. The number of hydrogen-bond donors (Lipinski definition) is 2. The Labute approximate surface area is 121 Å². The largest absolute Gasteiger partial charge is 0.495 e. The van der Waals surface area contributed by atoms with E-state index in [9.17, 15) is 4.79 Å². The van der Waals surface area contributed by atoms with Crippen molar-refractivity contribution in [1.82, 2.24) is 10.2 Å². The molecule has 1 saturated heterocycles. The van der Waals surface area contributed by atoms with Crippen molar-refractivity contribution in [2.24, 2.45) is 0 Å². The molecule has 0 spiro atoms. The van der Waals surface area contributed by atoms with Crippen molar-refractivity contribution in [1.29, 1.82) is 0 Å². The van der Waals surface area contributed by atoms with Crippen LogP contribution in [0.2, 0.25) is 0 Å². The first-order valence-corrected chi connectivity index (χ1v) is 6.96. The van der Waals surface area contributed by atoms with Crippen LogP contribution >= 0.6 is 15.9 Å². The number of methoxy groups -OCH3 is 1. The summed E-state index contributed by atoms with van der Waals surface area (Å²) in [5.41, 5.74) is 0.678. The van der Waals surface area contributed by atoms with E-state index in [0.717, 1.165) is 17.6 Å². The lowest BCUT2D eigenvalue weighted by molar-refractivity contribution is -0.119. The Balaban J connectivity index is 2.07. The van der Waals surface area contributed by atoms with Crippen molar-refractivity contribution in [3.63, 3.8) is 0 Å². The zero-order valence-electron chi connectivity index (χ0n) is 11.1. The molecule has 1 aliphatic rings. The molecule has 1 amide bonds. The van der Waals surface area contributed by atoms with Crippen LogP contribution in [0.3, 0.4) is 0 Å². The fourth-order valence-electron chi connectivity index (χ4n) is 2.07. The van der Waals surface area contributed by atoms with Crippen molar-refractivity contribution in [3.05, 3.63) is 22.7 Å². The van der Waals surface area contributed by atoms with Crippen molar-refractivity contribution in [2.75, 3.05) is 39.1 Å². The van der Waals surface area contributed by atoms with Crippen LogP contribution in [-0.4, -0.2) is 50.6 Å². The van der Waals surface area contributed by atoms with Gasteiger partial charge in [0.2, 0.25) is 5.91 Å². The normalized spacial score (nSPS) is 20.1. The molecule has 19 heavy (non-hydrogen) atoms. The molecular formula is C13H18BrN3O2. The summed E-state index contributed by atoms with van der Waals surface area (Å²) in [5, 5.41) is 6.12. The molecule has 104 valence electrons. The van der Waals surface area contributed by atoms with E-state index in [0.29, 0.717) is 18.0 Å². The third-order valence-electron chi connectivity index (χ3n) is 3.11. The lowest BCUT2D eigenvalue weighted by Gasteiger charge is -2.30. The van der Waals surface area contributed by atoms with Gasteiger partial charge in [0.05, 0.1) is 18.8 Å². The van der Waals surface area contributed by atoms with Crippen molar-refractivity contribution < 1.29 is 9.53 Å². The lowest BCUT2D eigenvalue weighted by Crippen LogP contribution is -2.54. The number of nitrogens with zero attached hydrogens (tertiary/aromatic N) is 1. The molecule has 5 nitrogen and oxygen atoms in total. The summed E-state index contributed by atoms with van der Waals surface area (Å²) in [6, 6.07) is 5.34. The van der Waals surface area contributed by atoms with Gasteiger partial charge in [-0.05, 0) is 25.2 Å². The summed E-state index contributed by atoms with van der Waals surface area (Å²) < 4.78 is 6.14. The molecular weight excluding hydrogens is 310 g/mol. The van der Waals surface area contributed by atoms with Gasteiger partial charge in [-0.2, -0.15) is 0 Å². The second-order valence-electron chi connectivity index (χ2n) is 4.60. The molecule has 0 radical (unpaired) electrons. The highest BCUT2D eigenvalue weighted by Crippen LogP contribution is 2.28. The van der Waals surface area contributed by atoms with E-state index < -0.39 is 0 Å². The minimum Gasteiger partial charge on any atom is -0.495 e. The number of hydrogen-bond acceptors (Lipinski definition) is 4. The van der Waals surface area contributed by atoms with Gasteiger partial charge >= 0.3 is 0 Å². The van der Waals surface area contributed by atoms with E-state index in [-0.39, 0.29) is 11.9 Å². The molecule has 0 aromatic heterocycles. The maximum Gasteiger partial charge on any atom is 0.242 e. The minimum absolute atomic E-state index is 0.0389. The highest BCUT2D eigenvalue weighted by Gasteiger charge is 2.24. The third kappa shape index (κ3) is 3.68. The van der Waals surface area contributed by atoms with Gasteiger partial charge in [-0.3, -0.25) is 4.79 Å². The molecule has 0 bridgehead atoms. The van der Waals surface area contributed by atoms with Crippen LogP contribution in [-0.2, 0) is 4.79 Å². The summed E-state index contributed by atoms with van der Waals surface area (Å²) in [6.07, 6.45) is 0. The highest BCUT2D eigenvalue weighted by molar-refractivity contribution is 9.10. The quantitative estimate of drug-likeness (QED) is 0.878. The SMILES string of the molecule is COc1ccc(Br)cc1NC(=O)C1CN(C)CCN1. The Kier molecular flexibility index (Phi) is 4.79. The average Bonchev–Trinajstić information content (AvgIpc) is 2.39. The van der Waals surface area contributed by atoms with Crippen LogP contribution in [0.5, 0.6) is 5.75 Å². The molecule has 1 fully saturated rings. The van der Waals surface area contributed by atoms with Gasteiger partial charge in [-0.25, -0.2) is 0 Å². The topological polar surface area (TPSA) is 53.6 Å². The summed E-state index contributed by atoms with van der Waals surface area (Å²) in [7, 11) is 3.60. The van der Waals surface area contributed by atoms with Crippen LogP contribution in [0, 0.1) is 0 Å². The van der Waals surface area contributed by atoms with Crippen LogP contribution < -0.4 is 15.4 Å². The second kappa shape index (κ2) is 6.36. The van der Waals surface area contributed by atoms with Crippen molar-refractivity contribution in [2.45, 2.75) is 6.04 Å². The first-order valence-electron chi connectivity index (χ1n) is 6.16. The number of likely N-dealkylation sites (N-methyl/N-ethyl adjacent to an activating group) is 1. The van der Waals surface area contributed by atoms with Crippen LogP contribution in [0.1, 0.15) is 0 Å². The summed E-state index contributed by atoms with van der Waals surface area (Å²) in [5.74, 6) is 0.615. The second-order valence-corrected chi connectivity index (χ2v) is 5.52. The monoisotopic (exact) mass is 327 g/mol. The van der Waals surface area contributed by atoms with Crippen molar-refractivity contribution in [3.8, 4) is 5.75 Å². The number of carbonyl (C=O) groups is 1. The van der Waals surface area contributed by atoms with Gasteiger partial charge < -0.3 is 20.3 Å². The summed E-state index contributed by atoms with van der Waals surface area (Å²) in [6.45, 7) is 2.50. The van der Waals surface area contributed by atoms with Gasteiger partial charge in [-0.15, -0.1) is 0 Å². The standard InChI is InChI=1S/C13H18BrN3O2/c1-17-6-5-15-11(8-17)13(18)16-10-7-9(14)3-4-12(10)19-2/h3-4,7,11,15H,5-6,8H2,1-2H3,(H,16,18). The summed E-state index contributed by atoms with van der Waals surface area (Å²) >= 11 is 3.39. The highest BCUT2D eigenvalue weighted by atomic mass is 79.9. The van der Waals surface area contributed by atoms with E-state index in [2.05, 4.69) is 31.5 Å². The van der Waals surface area contributed by atoms with Crippen LogP contribution in [0.4, 0.5) is 5.69 Å². The lowest BCUT2D eigenvalue weighted by atomic mass is 10.2. The van der Waals surface area contributed by atoms with E-state index in [4.69, 9.17) is 4.74 Å². The maximum atomic E-state index is 12.2. The average molecular weight is 328 g/mol. The smallest absolute Gasteiger partial charge is 0.242 e. The molecule has 1 atom stereocenters. The van der Waals surface area contributed by atoms with E-state index in [1.165, 1.54) is 0 Å². The Morgan fingerprint density at radius 1 is 1.58 bits per heavy atom. The van der Waals surface area contributed by atoms with Gasteiger partial charge in [0, 0.05) is 24.1 Å². The molecule has 2 rings (SSSR count). The molecule has 2 N–H and O–H groups in total. The minimum atomic E-state index is -0.192. The number of piperazine rings is 1. The zero-order chi connectivity index (χ0) is 13.8. The Morgan fingerprint density at radius 3 is 3.05 bits per heavy atom. The van der Waals surface area contributed by atoms with Gasteiger partial charge in [0.25, 0.3) is 0 Å². The number of carbonyl (C=O) groups excluding carboxylic acids is 1. The Bertz CT molecular complexity index is 467. The predicted molar refractivity (Wildman–Crippen MR) is 78.6 cm³/mol. The van der Waals surface area contributed by atoms with Gasteiger partial charge in [-0.1, -0.05) is 15.9 Å². The number of halogens is 1. The Morgan fingerprint density at radius 2 is 2.37 bits per heavy atom. The fourth-order valence-corrected chi connectivity index (χ4v) is 2.43. The number of amides is 1. The van der Waals surface area contributed by atoms with Crippen LogP contribution in [0.25, 0.3) is 0 Å². The first kappa shape index (κ1) is 14.3. The molecule has 1 heterocycles. The maximum absolute atomic E-state index is 12.2. The molecule has 1 unspecified atom stereocenters. The van der Waals surface area contributed by atoms with Gasteiger partial charge in [0.1, 0.15) is 5.75 Å². The van der Waals surface area contributed by atoms with Crippen LogP contribution in [0.15, 0.2) is 22.7 Å². The zero-order valence-corrected chi connectivity index (χ0v) is 12.7. The molecule has 0 aliphatic carbocycles.